The number of carbonyl (C=O) groups is 1. The van der Waals surface area contributed by atoms with Crippen LogP contribution in [0.4, 0.5) is 0 Å². The smallest absolute Gasteiger partial charge is 0.253 e. The van der Waals surface area contributed by atoms with Crippen molar-refractivity contribution in [2.45, 2.75) is 25.8 Å². The van der Waals surface area contributed by atoms with Crippen LogP contribution in [0, 0.1) is 6.92 Å². The van der Waals surface area contributed by atoms with E-state index in [9.17, 15) is 4.79 Å². The molecule has 1 aliphatic heterocycles. The molecule has 1 unspecified atom stereocenters. The lowest BCUT2D eigenvalue weighted by Gasteiger charge is -2.25. The summed E-state index contributed by atoms with van der Waals surface area (Å²) < 4.78 is 0. The summed E-state index contributed by atoms with van der Waals surface area (Å²) >= 11 is 0. The van der Waals surface area contributed by atoms with Crippen molar-refractivity contribution in [1.29, 1.82) is 0 Å². The zero-order valence-corrected chi connectivity index (χ0v) is 11.4. The number of nitrogens with zero attached hydrogens (tertiary/aromatic N) is 1. The van der Waals surface area contributed by atoms with Gasteiger partial charge >= 0.3 is 0 Å². The van der Waals surface area contributed by atoms with Gasteiger partial charge in [-0.15, -0.1) is 0 Å². The summed E-state index contributed by atoms with van der Waals surface area (Å²) in [5, 5.41) is 12.5. The van der Waals surface area contributed by atoms with Gasteiger partial charge in [0.25, 0.3) is 5.91 Å². The summed E-state index contributed by atoms with van der Waals surface area (Å²) in [5.74, 6) is 0.00255. The van der Waals surface area contributed by atoms with Crippen molar-refractivity contribution in [2.24, 2.45) is 0 Å². The van der Waals surface area contributed by atoms with Gasteiger partial charge in [-0.2, -0.15) is 0 Å². The third-order valence-corrected chi connectivity index (χ3v) is 3.56. The van der Waals surface area contributed by atoms with Crippen LogP contribution in [0.1, 0.15) is 28.8 Å². The number of carbonyl (C=O) groups excluding carboxylic acids is 1. The van der Waals surface area contributed by atoms with Crippen molar-refractivity contribution >= 4 is 5.91 Å². The zero-order chi connectivity index (χ0) is 13.7. The normalized spacial score (nSPS) is 18.5. The first kappa shape index (κ1) is 14.0. The number of nitrogens with one attached hydrogen (secondary N) is 1. The Labute approximate surface area is 114 Å². The Morgan fingerprint density at radius 3 is 2.74 bits per heavy atom. The van der Waals surface area contributed by atoms with Crippen LogP contribution in [0.5, 0.6) is 0 Å². The number of benzene rings is 1. The predicted octanol–water partition coefficient (Wildman–Crippen LogP) is 1.18. The third-order valence-electron chi connectivity index (χ3n) is 3.56. The van der Waals surface area contributed by atoms with Gasteiger partial charge in [-0.3, -0.25) is 4.79 Å². The van der Waals surface area contributed by atoms with Gasteiger partial charge in [0.15, 0.2) is 0 Å². The predicted molar refractivity (Wildman–Crippen MR) is 75.2 cm³/mol. The molecule has 0 spiro atoms. The van der Waals surface area contributed by atoms with Gasteiger partial charge in [0, 0.05) is 24.7 Å². The largest absolute Gasteiger partial charge is 0.395 e. The molecule has 4 nitrogen and oxygen atoms in total. The minimum atomic E-state index is 0.00255. The molecule has 19 heavy (non-hydrogen) atoms. The average Bonchev–Trinajstić information content (AvgIpc) is 2.91. The molecule has 0 aliphatic carbocycles. The minimum absolute atomic E-state index is 0.00255. The standard InChI is InChI=1S/C15H22N2O2/c1-12-4-6-13(7-5-12)15(19)17(9-10-18)11-14-3-2-8-16-14/h4-7,14,16,18H,2-3,8-11H2,1H3. The van der Waals surface area contributed by atoms with E-state index in [1.165, 1.54) is 0 Å². The second-order valence-corrected chi connectivity index (χ2v) is 5.13. The first-order valence-corrected chi connectivity index (χ1v) is 6.91. The molecule has 1 saturated heterocycles. The summed E-state index contributed by atoms with van der Waals surface area (Å²) in [6.07, 6.45) is 2.26. The van der Waals surface area contributed by atoms with E-state index >= 15 is 0 Å². The Morgan fingerprint density at radius 1 is 1.42 bits per heavy atom. The summed E-state index contributed by atoms with van der Waals surface area (Å²) in [6.45, 7) is 4.10. The maximum atomic E-state index is 12.4. The van der Waals surface area contributed by atoms with Crippen molar-refractivity contribution in [3.63, 3.8) is 0 Å². The monoisotopic (exact) mass is 262 g/mol. The second-order valence-electron chi connectivity index (χ2n) is 5.13. The summed E-state index contributed by atoms with van der Waals surface area (Å²) in [6, 6.07) is 7.95. The number of aryl methyl sites for hydroxylation is 1. The fourth-order valence-corrected chi connectivity index (χ4v) is 2.45. The van der Waals surface area contributed by atoms with Gasteiger partial charge in [0.1, 0.15) is 0 Å². The lowest BCUT2D eigenvalue weighted by molar-refractivity contribution is 0.0706. The minimum Gasteiger partial charge on any atom is -0.395 e. The Hall–Kier alpha value is -1.39. The van der Waals surface area contributed by atoms with Crippen LogP contribution in [-0.2, 0) is 0 Å². The van der Waals surface area contributed by atoms with Crippen LogP contribution in [0.2, 0.25) is 0 Å². The highest BCUT2D eigenvalue weighted by atomic mass is 16.3. The van der Waals surface area contributed by atoms with Crippen molar-refractivity contribution < 1.29 is 9.90 Å². The van der Waals surface area contributed by atoms with E-state index in [1.54, 1.807) is 4.90 Å². The Kier molecular flexibility index (Phi) is 4.93. The molecule has 0 bridgehead atoms. The molecule has 104 valence electrons. The van der Waals surface area contributed by atoms with Crippen molar-refractivity contribution in [2.75, 3.05) is 26.2 Å². The van der Waals surface area contributed by atoms with Crippen LogP contribution >= 0.6 is 0 Å². The van der Waals surface area contributed by atoms with Crippen molar-refractivity contribution in [1.82, 2.24) is 10.2 Å². The molecular weight excluding hydrogens is 240 g/mol. The van der Waals surface area contributed by atoms with Crippen molar-refractivity contribution in [3.8, 4) is 0 Å². The van der Waals surface area contributed by atoms with Crippen LogP contribution in [0.3, 0.4) is 0 Å². The number of amides is 1. The average molecular weight is 262 g/mol. The van der Waals surface area contributed by atoms with E-state index in [4.69, 9.17) is 5.11 Å². The maximum Gasteiger partial charge on any atom is 0.253 e. The molecule has 2 N–H and O–H groups in total. The molecule has 4 heteroatoms. The number of hydrogen-bond acceptors (Lipinski definition) is 3. The molecule has 1 aliphatic rings. The molecule has 1 aromatic rings. The van der Waals surface area contributed by atoms with E-state index in [-0.39, 0.29) is 12.5 Å². The summed E-state index contributed by atoms with van der Waals surface area (Å²) in [5.41, 5.74) is 1.83. The second kappa shape index (κ2) is 6.68. The van der Waals surface area contributed by atoms with E-state index in [2.05, 4.69) is 5.32 Å². The lowest BCUT2D eigenvalue weighted by Crippen LogP contribution is -2.42. The SMILES string of the molecule is Cc1ccc(C(=O)N(CCO)CC2CCCN2)cc1. The highest BCUT2D eigenvalue weighted by Gasteiger charge is 2.21. The first-order valence-electron chi connectivity index (χ1n) is 6.91. The molecule has 0 aromatic heterocycles. The van der Waals surface area contributed by atoms with Crippen LogP contribution in [-0.4, -0.2) is 48.2 Å². The van der Waals surface area contributed by atoms with Crippen molar-refractivity contribution in [3.05, 3.63) is 35.4 Å². The number of rotatable bonds is 5. The van der Waals surface area contributed by atoms with Gasteiger partial charge in [-0.25, -0.2) is 0 Å². The maximum absolute atomic E-state index is 12.4. The molecular formula is C15H22N2O2. The lowest BCUT2D eigenvalue weighted by atomic mass is 10.1. The van der Waals surface area contributed by atoms with Crippen LogP contribution in [0.15, 0.2) is 24.3 Å². The zero-order valence-electron chi connectivity index (χ0n) is 11.4. The van der Waals surface area contributed by atoms with Gasteiger partial charge in [-0.1, -0.05) is 17.7 Å². The molecule has 1 heterocycles. The number of aliphatic hydroxyl groups excluding tert-OH is 1. The molecule has 2 rings (SSSR count). The first-order chi connectivity index (χ1) is 9.20. The Morgan fingerprint density at radius 2 is 2.16 bits per heavy atom. The highest BCUT2D eigenvalue weighted by molar-refractivity contribution is 5.94. The quantitative estimate of drug-likeness (QED) is 0.838. The van der Waals surface area contributed by atoms with Gasteiger partial charge in [-0.05, 0) is 38.4 Å². The molecule has 1 amide bonds. The molecule has 1 aromatic carbocycles. The van der Waals surface area contributed by atoms with Crippen LogP contribution < -0.4 is 5.32 Å². The highest BCUT2D eigenvalue weighted by Crippen LogP contribution is 2.11. The molecule has 1 atom stereocenters. The fraction of sp³-hybridized carbons (Fsp3) is 0.533. The Bertz CT molecular complexity index is 411. The summed E-state index contributed by atoms with van der Waals surface area (Å²) in [7, 11) is 0. The van der Waals surface area contributed by atoms with E-state index < -0.39 is 0 Å². The third kappa shape index (κ3) is 3.78. The van der Waals surface area contributed by atoms with Gasteiger partial charge < -0.3 is 15.3 Å². The van der Waals surface area contributed by atoms with E-state index in [0.29, 0.717) is 24.7 Å². The van der Waals surface area contributed by atoms with E-state index in [0.717, 1.165) is 24.9 Å². The number of aliphatic hydroxyl groups is 1. The molecule has 0 saturated carbocycles. The van der Waals surface area contributed by atoms with Crippen LogP contribution in [0.25, 0.3) is 0 Å². The van der Waals surface area contributed by atoms with Gasteiger partial charge in [0.2, 0.25) is 0 Å². The summed E-state index contributed by atoms with van der Waals surface area (Å²) in [4.78, 5) is 14.2. The number of hydrogen-bond donors (Lipinski definition) is 2. The molecule has 1 fully saturated rings. The molecule has 0 radical (unpaired) electrons. The topological polar surface area (TPSA) is 52.6 Å². The van der Waals surface area contributed by atoms with Gasteiger partial charge in [0.05, 0.1) is 6.61 Å². The van der Waals surface area contributed by atoms with E-state index in [1.807, 2.05) is 31.2 Å². The fourth-order valence-electron chi connectivity index (χ4n) is 2.45. The Balaban J connectivity index is 2.04.